The number of carbonyl (C=O) groups is 3. The van der Waals surface area contributed by atoms with Gasteiger partial charge in [-0.3, -0.25) is 25.0 Å². The Morgan fingerprint density at radius 3 is 2.29 bits per heavy atom. The number of barbiturate groups is 1. The summed E-state index contributed by atoms with van der Waals surface area (Å²) in [5, 5.41) is 12.9. The van der Waals surface area contributed by atoms with Crippen LogP contribution in [-0.2, 0) is 9.59 Å². The van der Waals surface area contributed by atoms with Crippen LogP contribution in [0, 0.1) is 17.0 Å². The molecule has 9 heteroatoms. The Morgan fingerprint density at radius 2 is 1.65 bits per heavy atom. The first-order chi connectivity index (χ1) is 14.8. The van der Waals surface area contributed by atoms with Gasteiger partial charge in [0.1, 0.15) is 17.1 Å². The molecule has 1 N–H and O–H groups in total. The average molecular weight is 417 g/mol. The number of carbonyl (C=O) groups excluding carboxylic acids is 3. The highest BCUT2D eigenvalue weighted by atomic mass is 16.6. The zero-order valence-corrected chi connectivity index (χ0v) is 16.2. The molecule has 0 aliphatic carbocycles. The molecule has 1 fully saturated rings. The van der Waals surface area contributed by atoms with E-state index < -0.39 is 22.8 Å². The average Bonchev–Trinajstić information content (AvgIpc) is 3.21. The molecular weight excluding hydrogens is 402 g/mol. The van der Waals surface area contributed by atoms with E-state index in [2.05, 4.69) is 5.32 Å². The van der Waals surface area contributed by atoms with Crippen LogP contribution in [0.2, 0.25) is 0 Å². The molecule has 4 rings (SSSR count). The molecule has 2 heterocycles. The minimum atomic E-state index is -0.831. The first-order valence-electron chi connectivity index (χ1n) is 9.16. The molecule has 0 saturated carbocycles. The molecule has 3 aromatic rings. The number of nitrogens with one attached hydrogen (secondary N) is 1. The number of nitrogens with zero attached hydrogens (tertiary/aromatic N) is 2. The maximum atomic E-state index is 12.9. The minimum Gasteiger partial charge on any atom is -0.457 e. The van der Waals surface area contributed by atoms with Crippen molar-refractivity contribution in [3.05, 3.63) is 87.7 Å². The number of imide groups is 2. The number of hydrogen-bond acceptors (Lipinski definition) is 6. The second-order valence-electron chi connectivity index (χ2n) is 6.80. The Labute approximate surface area is 175 Å². The lowest BCUT2D eigenvalue weighted by Crippen LogP contribution is -2.54. The highest BCUT2D eigenvalue weighted by Gasteiger charge is 2.37. The first-order valence-corrected chi connectivity index (χ1v) is 9.16. The predicted molar refractivity (Wildman–Crippen MR) is 111 cm³/mol. The third kappa shape index (κ3) is 3.84. The highest BCUT2D eigenvalue weighted by molar-refractivity contribution is 6.39. The van der Waals surface area contributed by atoms with Gasteiger partial charge in [-0.05, 0) is 49.4 Å². The quantitative estimate of drug-likeness (QED) is 0.298. The Morgan fingerprint density at radius 1 is 0.968 bits per heavy atom. The van der Waals surface area contributed by atoms with Crippen LogP contribution in [0.3, 0.4) is 0 Å². The van der Waals surface area contributed by atoms with Gasteiger partial charge in [0.05, 0.1) is 10.6 Å². The van der Waals surface area contributed by atoms with Crippen molar-refractivity contribution in [1.29, 1.82) is 0 Å². The van der Waals surface area contributed by atoms with Crippen molar-refractivity contribution in [3.8, 4) is 11.3 Å². The summed E-state index contributed by atoms with van der Waals surface area (Å²) >= 11 is 0. The summed E-state index contributed by atoms with van der Waals surface area (Å²) in [6, 6.07) is 14.8. The van der Waals surface area contributed by atoms with E-state index in [0.717, 1.165) is 10.5 Å². The van der Waals surface area contributed by atoms with Gasteiger partial charge >= 0.3 is 6.03 Å². The number of nitro groups is 1. The van der Waals surface area contributed by atoms with Crippen molar-refractivity contribution in [2.75, 3.05) is 4.90 Å². The summed E-state index contributed by atoms with van der Waals surface area (Å²) in [4.78, 5) is 48.6. The van der Waals surface area contributed by atoms with Crippen molar-refractivity contribution in [3.63, 3.8) is 0 Å². The van der Waals surface area contributed by atoms with E-state index >= 15 is 0 Å². The summed E-state index contributed by atoms with van der Waals surface area (Å²) in [6.45, 7) is 1.87. The molecule has 1 saturated heterocycles. The summed E-state index contributed by atoms with van der Waals surface area (Å²) in [7, 11) is 0. The van der Waals surface area contributed by atoms with E-state index in [1.54, 1.807) is 36.4 Å². The molecular formula is C22H15N3O6. The Bertz CT molecular complexity index is 1240. The number of aryl methyl sites for hydroxylation is 1. The largest absolute Gasteiger partial charge is 0.457 e. The number of rotatable bonds is 4. The third-order valence-corrected chi connectivity index (χ3v) is 4.67. The van der Waals surface area contributed by atoms with Crippen molar-refractivity contribution >= 4 is 35.3 Å². The molecule has 1 aliphatic rings. The maximum Gasteiger partial charge on any atom is 0.335 e. The van der Waals surface area contributed by atoms with Crippen LogP contribution < -0.4 is 10.2 Å². The lowest BCUT2D eigenvalue weighted by atomic mass is 10.1. The molecule has 0 spiro atoms. The Hall–Kier alpha value is -4.53. The van der Waals surface area contributed by atoms with Crippen molar-refractivity contribution in [2.45, 2.75) is 6.92 Å². The summed E-state index contributed by atoms with van der Waals surface area (Å²) in [6.07, 6.45) is 1.25. The second-order valence-corrected chi connectivity index (χ2v) is 6.80. The highest BCUT2D eigenvalue weighted by Crippen LogP contribution is 2.27. The molecule has 1 aliphatic heterocycles. The van der Waals surface area contributed by atoms with Gasteiger partial charge in [-0.1, -0.05) is 17.7 Å². The van der Waals surface area contributed by atoms with E-state index in [4.69, 9.17) is 4.42 Å². The molecule has 0 radical (unpaired) electrons. The minimum absolute atomic E-state index is 0.0528. The normalized spacial score (nSPS) is 15.3. The molecule has 0 atom stereocenters. The van der Waals surface area contributed by atoms with E-state index in [1.807, 2.05) is 6.92 Å². The van der Waals surface area contributed by atoms with Crippen LogP contribution in [0.5, 0.6) is 0 Å². The maximum absolute atomic E-state index is 12.9. The van der Waals surface area contributed by atoms with Gasteiger partial charge < -0.3 is 4.42 Å². The van der Waals surface area contributed by atoms with Crippen LogP contribution in [0.4, 0.5) is 16.2 Å². The van der Waals surface area contributed by atoms with Crippen molar-refractivity contribution < 1.29 is 23.7 Å². The van der Waals surface area contributed by atoms with E-state index in [-0.39, 0.29) is 17.0 Å². The van der Waals surface area contributed by atoms with Gasteiger partial charge in [0.15, 0.2) is 0 Å². The number of urea groups is 1. The number of benzene rings is 2. The smallest absolute Gasteiger partial charge is 0.335 e. The molecule has 31 heavy (non-hydrogen) atoms. The topological polar surface area (TPSA) is 123 Å². The zero-order chi connectivity index (χ0) is 22.1. The number of anilines is 1. The fourth-order valence-corrected chi connectivity index (χ4v) is 3.06. The molecule has 154 valence electrons. The molecule has 0 bridgehead atoms. The van der Waals surface area contributed by atoms with Gasteiger partial charge in [-0.2, -0.15) is 0 Å². The van der Waals surface area contributed by atoms with Gasteiger partial charge in [0, 0.05) is 17.7 Å². The Kier molecular flexibility index (Phi) is 4.92. The first kappa shape index (κ1) is 19.8. The number of nitro benzene ring substituents is 1. The number of amides is 4. The standard InChI is InChI=1S/C22H15N3O6/c1-13-2-6-15(7-3-13)24-21(27)18(20(26)23-22(24)28)12-17-10-11-19(31-17)14-4-8-16(9-5-14)25(29)30/h2-12H,1H3,(H,23,26,28)/b18-12-. The number of non-ortho nitro benzene ring substituents is 1. The summed E-state index contributed by atoms with van der Waals surface area (Å²) < 4.78 is 5.67. The van der Waals surface area contributed by atoms with Gasteiger partial charge in [0.2, 0.25) is 0 Å². The predicted octanol–water partition coefficient (Wildman–Crippen LogP) is 3.83. The third-order valence-electron chi connectivity index (χ3n) is 4.67. The van der Waals surface area contributed by atoms with Gasteiger partial charge in [0.25, 0.3) is 17.5 Å². The van der Waals surface area contributed by atoms with Crippen LogP contribution in [0.15, 0.2) is 70.7 Å². The fourth-order valence-electron chi connectivity index (χ4n) is 3.06. The fraction of sp³-hybridized carbons (Fsp3) is 0.0455. The van der Waals surface area contributed by atoms with Crippen molar-refractivity contribution in [2.24, 2.45) is 0 Å². The van der Waals surface area contributed by atoms with Crippen LogP contribution in [0.1, 0.15) is 11.3 Å². The summed E-state index contributed by atoms with van der Waals surface area (Å²) in [5.41, 5.74) is 1.56. The zero-order valence-electron chi connectivity index (χ0n) is 16.2. The summed E-state index contributed by atoms with van der Waals surface area (Å²) in [5.74, 6) is -0.987. The number of furan rings is 1. The lowest BCUT2D eigenvalue weighted by molar-refractivity contribution is -0.384. The van der Waals surface area contributed by atoms with E-state index in [9.17, 15) is 24.5 Å². The molecule has 0 unspecified atom stereocenters. The van der Waals surface area contributed by atoms with Crippen LogP contribution in [-0.4, -0.2) is 22.8 Å². The molecule has 4 amide bonds. The van der Waals surface area contributed by atoms with Crippen LogP contribution >= 0.6 is 0 Å². The van der Waals surface area contributed by atoms with Crippen molar-refractivity contribution in [1.82, 2.24) is 5.32 Å². The van der Waals surface area contributed by atoms with E-state index in [1.165, 1.54) is 30.3 Å². The SMILES string of the molecule is Cc1ccc(N2C(=O)NC(=O)/C(=C/c3ccc(-c4ccc([N+](=O)[O-])cc4)o3)C2=O)cc1. The van der Waals surface area contributed by atoms with Crippen LogP contribution in [0.25, 0.3) is 17.4 Å². The monoisotopic (exact) mass is 417 g/mol. The molecule has 9 nitrogen and oxygen atoms in total. The Balaban J connectivity index is 1.63. The van der Waals surface area contributed by atoms with Gasteiger partial charge in [-0.15, -0.1) is 0 Å². The van der Waals surface area contributed by atoms with Gasteiger partial charge in [-0.25, -0.2) is 9.69 Å². The number of hydrogen-bond donors (Lipinski definition) is 1. The molecule has 1 aromatic heterocycles. The van der Waals surface area contributed by atoms with E-state index in [0.29, 0.717) is 17.0 Å². The lowest BCUT2D eigenvalue weighted by Gasteiger charge is -2.26. The molecule has 2 aromatic carbocycles. The second kappa shape index (κ2) is 7.71.